The zero-order valence-electron chi connectivity index (χ0n) is 29.1. The Balaban J connectivity index is 1.17. The molecule has 4 nitrogen and oxygen atoms in total. The Hall–Kier alpha value is -7.17. The molecule has 0 radical (unpaired) electrons. The van der Waals surface area contributed by atoms with Crippen LogP contribution in [0.4, 0.5) is 0 Å². The van der Waals surface area contributed by atoms with Crippen molar-refractivity contribution in [3.05, 3.63) is 210 Å². The van der Waals surface area contributed by atoms with Crippen molar-refractivity contribution < 1.29 is 4.42 Å². The highest BCUT2D eigenvalue weighted by Gasteiger charge is 2.47. The molecule has 2 aromatic heterocycles. The van der Waals surface area contributed by atoms with E-state index in [0.717, 1.165) is 44.2 Å². The minimum absolute atomic E-state index is 0.576. The Morgan fingerprint density at radius 3 is 1.78 bits per heavy atom. The van der Waals surface area contributed by atoms with Crippen molar-refractivity contribution >= 4 is 32.7 Å². The van der Waals surface area contributed by atoms with Gasteiger partial charge in [0.05, 0.1) is 5.41 Å². The number of aromatic nitrogens is 3. The lowest BCUT2D eigenvalue weighted by molar-refractivity contribution is 0.666. The fourth-order valence-electron chi connectivity index (χ4n) is 8.71. The summed E-state index contributed by atoms with van der Waals surface area (Å²) in [6.07, 6.45) is 0. The summed E-state index contributed by atoms with van der Waals surface area (Å²) < 4.78 is 6.82. The molecule has 0 aliphatic heterocycles. The molecule has 252 valence electrons. The molecule has 4 heteroatoms. The highest BCUT2D eigenvalue weighted by molar-refractivity contribution is 6.12. The zero-order valence-corrected chi connectivity index (χ0v) is 29.1. The van der Waals surface area contributed by atoms with Gasteiger partial charge in [0.25, 0.3) is 0 Å². The molecule has 1 unspecified atom stereocenters. The van der Waals surface area contributed by atoms with Gasteiger partial charge in [-0.1, -0.05) is 176 Å². The number of rotatable bonds is 5. The summed E-state index contributed by atoms with van der Waals surface area (Å²) in [5.74, 6) is 1.86. The average molecular weight is 690 g/mol. The highest BCUT2D eigenvalue weighted by atomic mass is 16.3. The van der Waals surface area contributed by atoms with Crippen LogP contribution in [0.3, 0.4) is 0 Å². The van der Waals surface area contributed by atoms with E-state index in [0.29, 0.717) is 17.5 Å². The first-order valence-corrected chi connectivity index (χ1v) is 18.3. The lowest BCUT2D eigenvalue weighted by atomic mass is 9.66. The summed E-state index contributed by atoms with van der Waals surface area (Å²) in [5.41, 5.74) is 11.3. The van der Waals surface area contributed by atoms with Gasteiger partial charge in [0.2, 0.25) is 0 Å². The minimum Gasteiger partial charge on any atom is -0.456 e. The molecule has 8 aromatic carbocycles. The maximum absolute atomic E-state index is 6.82. The number of benzene rings is 8. The summed E-state index contributed by atoms with van der Waals surface area (Å²) in [4.78, 5) is 15.1. The standard InChI is InChI=1S/C50H31N3O/c1-4-16-33(17-5-1)47-51-48(34-18-6-2-7-19-34)53-49(52-47)41-24-14-26-43-45(41)40-30-28-36(31-44(40)54-43)50(35-20-8-3-9-21-35)42-25-13-12-23-38(42)39-29-27-32-15-10-11-22-37(32)46(39)50/h1-31H. The Labute approximate surface area is 312 Å². The van der Waals surface area contributed by atoms with E-state index in [9.17, 15) is 0 Å². The highest BCUT2D eigenvalue weighted by Crippen LogP contribution is 2.58. The van der Waals surface area contributed by atoms with Crippen LogP contribution in [0.15, 0.2) is 192 Å². The average Bonchev–Trinajstić information content (AvgIpc) is 3.78. The van der Waals surface area contributed by atoms with Gasteiger partial charge in [-0.05, 0) is 56.3 Å². The van der Waals surface area contributed by atoms with Gasteiger partial charge in [-0.15, -0.1) is 0 Å². The van der Waals surface area contributed by atoms with Crippen LogP contribution in [0.2, 0.25) is 0 Å². The molecule has 0 N–H and O–H groups in total. The minimum atomic E-state index is -0.576. The van der Waals surface area contributed by atoms with Gasteiger partial charge in [-0.2, -0.15) is 0 Å². The Morgan fingerprint density at radius 1 is 0.389 bits per heavy atom. The van der Waals surface area contributed by atoms with Crippen LogP contribution in [0.5, 0.6) is 0 Å². The van der Waals surface area contributed by atoms with Gasteiger partial charge in [-0.25, -0.2) is 15.0 Å². The molecule has 1 atom stereocenters. The van der Waals surface area contributed by atoms with Crippen molar-refractivity contribution in [2.75, 3.05) is 0 Å². The van der Waals surface area contributed by atoms with Gasteiger partial charge in [0.15, 0.2) is 17.5 Å². The van der Waals surface area contributed by atoms with E-state index in [-0.39, 0.29) is 0 Å². The number of furan rings is 1. The third kappa shape index (κ3) is 4.47. The second-order valence-electron chi connectivity index (χ2n) is 13.9. The van der Waals surface area contributed by atoms with Gasteiger partial charge in [0.1, 0.15) is 11.2 Å². The molecule has 11 rings (SSSR count). The van der Waals surface area contributed by atoms with Gasteiger partial charge >= 0.3 is 0 Å². The maximum Gasteiger partial charge on any atom is 0.164 e. The number of hydrogen-bond acceptors (Lipinski definition) is 4. The van der Waals surface area contributed by atoms with Crippen LogP contribution in [-0.4, -0.2) is 15.0 Å². The van der Waals surface area contributed by atoms with Crippen molar-refractivity contribution in [3.8, 4) is 45.3 Å². The molecule has 1 aliphatic rings. The molecule has 54 heavy (non-hydrogen) atoms. The van der Waals surface area contributed by atoms with E-state index >= 15 is 0 Å². The van der Waals surface area contributed by atoms with E-state index in [1.165, 1.54) is 38.6 Å². The lowest BCUT2D eigenvalue weighted by Gasteiger charge is -2.34. The van der Waals surface area contributed by atoms with Gasteiger partial charge in [0, 0.05) is 27.5 Å². The lowest BCUT2D eigenvalue weighted by Crippen LogP contribution is -2.28. The zero-order chi connectivity index (χ0) is 35.6. The molecule has 0 amide bonds. The molecular formula is C50H31N3O. The first-order valence-electron chi connectivity index (χ1n) is 18.3. The van der Waals surface area contributed by atoms with E-state index in [4.69, 9.17) is 19.4 Å². The van der Waals surface area contributed by atoms with Gasteiger partial charge in [-0.3, -0.25) is 0 Å². The molecule has 0 bridgehead atoms. The Bertz CT molecular complexity index is 2990. The van der Waals surface area contributed by atoms with Crippen molar-refractivity contribution in [2.24, 2.45) is 0 Å². The van der Waals surface area contributed by atoms with Crippen LogP contribution < -0.4 is 0 Å². The smallest absolute Gasteiger partial charge is 0.164 e. The van der Waals surface area contributed by atoms with Crippen LogP contribution in [0.1, 0.15) is 22.3 Å². The molecule has 2 heterocycles. The van der Waals surface area contributed by atoms with Crippen LogP contribution in [0.25, 0.3) is 78.0 Å². The number of fused-ring (bicyclic) bond motifs is 8. The van der Waals surface area contributed by atoms with E-state index in [1.807, 2.05) is 72.8 Å². The Morgan fingerprint density at radius 2 is 1.02 bits per heavy atom. The summed E-state index contributed by atoms with van der Waals surface area (Å²) >= 11 is 0. The summed E-state index contributed by atoms with van der Waals surface area (Å²) in [6.45, 7) is 0. The molecule has 0 saturated carbocycles. The van der Waals surface area contributed by atoms with Crippen molar-refractivity contribution in [1.82, 2.24) is 15.0 Å². The third-order valence-corrected chi connectivity index (χ3v) is 11.0. The molecular weight excluding hydrogens is 659 g/mol. The van der Waals surface area contributed by atoms with E-state index in [2.05, 4.69) is 115 Å². The van der Waals surface area contributed by atoms with E-state index < -0.39 is 5.41 Å². The Kier molecular flexibility index (Phi) is 6.73. The monoisotopic (exact) mass is 689 g/mol. The van der Waals surface area contributed by atoms with E-state index in [1.54, 1.807) is 0 Å². The predicted octanol–water partition coefficient (Wildman–Crippen LogP) is 12.3. The molecule has 0 saturated heterocycles. The number of nitrogens with zero attached hydrogens (tertiary/aromatic N) is 3. The third-order valence-electron chi connectivity index (χ3n) is 11.0. The first kappa shape index (κ1) is 30.5. The van der Waals surface area contributed by atoms with Crippen molar-refractivity contribution in [3.63, 3.8) is 0 Å². The predicted molar refractivity (Wildman–Crippen MR) is 218 cm³/mol. The topological polar surface area (TPSA) is 51.8 Å². The quantitative estimate of drug-likeness (QED) is 0.180. The van der Waals surface area contributed by atoms with Gasteiger partial charge < -0.3 is 4.42 Å². The first-order chi connectivity index (χ1) is 26.8. The fourth-order valence-corrected chi connectivity index (χ4v) is 8.71. The molecule has 1 aliphatic carbocycles. The SMILES string of the molecule is c1ccc(-c2nc(-c3ccccc3)nc(-c3cccc4oc5cc(C6(c7ccccc7)c7ccccc7-c7ccc8ccccc8c76)ccc5c34)n2)cc1. The van der Waals surface area contributed by atoms with Crippen LogP contribution >= 0.6 is 0 Å². The number of hydrogen-bond donors (Lipinski definition) is 0. The maximum atomic E-state index is 6.82. The second kappa shape index (κ2) is 11.9. The fraction of sp³-hybridized carbons (Fsp3) is 0.0200. The largest absolute Gasteiger partial charge is 0.456 e. The summed E-state index contributed by atoms with van der Waals surface area (Å²) in [5, 5.41) is 4.47. The summed E-state index contributed by atoms with van der Waals surface area (Å²) in [6, 6.07) is 66.3. The molecule has 10 aromatic rings. The van der Waals surface area contributed by atoms with Crippen molar-refractivity contribution in [2.45, 2.75) is 5.41 Å². The van der Waals surface area contributed by atoms with Crippen LogP contribution in [-0.2, 0) is 5.41 Å². The molecule has 0 fully saturated rings. The normalized spacial score (nSPS) is 14.7. The molecule has 0 spiro atoms. The van der Waals surface area contributed by atoms with Crippen LogP contribution in [0, 0.1) is 0 Å². The van der Waals surface area contributed by atoms with Crippen molar-refractivity contribution in [1.29, 1.82) is 0 Å². The summed E-state index contributed by atoms with van der Waals surface area (Å²) in [7, 11) is 0. The second-order valence-corrected chi connectivity index (χ2v) is 13.9.